The van der Waals surface area contributed by atoms with Crippen LogP contribution in [0.25, 0.3) is 0 Å². The Morgan fingerprint density at radius 1 is 1.36 bits per heavy atom. The number of rotatable bonds is 1. The van der Waals surface area contributed by atoms with Gasteiger partial charge in [0.05, 0.1) is 7.11 Å². The summed E-state index contributed by atoms with van der Waals surface area (Å²) in [5.74, 6) is 2.55. The molecule has 22 heavy (non-hydrogen) atoms. The summed E-state index contributed by atoms with van der Waals surface area (Å²) in [6.07, 6.45) is 4.74. The minimum atomic E-state index is 0.131. The minimum absolute atomic E-state index is 0.131. The largest absolute Gasteiger partial charge is 0.493 e. The zero-order chi connectivity index (χ0) is 15.1. The van der Waals surface area contributed by atoms with Gasteiger partial charge in [-0.05, 0) is 56.8 Å². The molecule has 0 radical (unpaired) electrons. The Morgan fingerprint density at radius 3 is 3.05 bits per heavy atom. The lowest BCUT2D eigenvalue weighted by molar-refractivity contribution is -0.0510. The van der Waals surface area contributed by atoms with Crippen molar-refractivity contribution in [2.75, 3.05) is 20.7 Å². The van der Waals surface area contributed by atoms with Gasteiger partial charge in [-0.2, -0.15) is 0 Å². The molecule has 0 aromatic heterocycles. The van der Waals surface area contributed by atoms with Gasteiger partial charge < -0.3 is 20.1 Å². The van der Waals surface area contributed by atoms with E-state index in [0.29, 0.717) is 12.0 Å². The van der Waals surface area contributed by atoms with E-state index in [9.17, 15) is 0 Å². The van der Waals surface area contributed by atoms with Crippen LogP contribution in [0.1, 0.15) is 30.4 Å². The van der Waals surface area contributed by atoms with Crippen LogP contribution in [0.3, 0.4) is 0 Å². The van der Waals surface area contributed by atoms with E-state index in [2.05, 4.69) is 24.1 Å². The van der Waals surface area contributed by atoms with E-state index in [1.54, 1.807) is 7.11 Å². The number of ether oxygens (including phenoxy) is 2. The average molecular weight is 300 g/mol. The zero-order valence-corrected chi connectivity index (χ0v) is 13.3. The predicted octanol–water partition coefficient (Wildman–Crippen LogP) is 1.69. The molecule has 2 aliphatic heterocycles. The number of methoxy groups -OCH3 is 1. The van der Waals surface area contributed by atoms with Crippen molar-refractivity contribution in [2.24, 2.45) is 11.7 Å². The molecule has 1 aromatic carbocycles. The second-order valence-electron chi connectivity index (χ2n) is 7.56. The van der Waals surface area contributed by atoms with Gasteiger partial charge in [0.1, 0.15) is 6.10 Å². The van der Waals surface area contributed by atoms with Crippen molar-refractivity contribution in [3.8, 4) is 11.5 Å². The lowest BCUT2D eigenvalue weighted by atomic mass is 9.51. The molecule has 2 bridgehead atoms. The first kappa shape index (κ1) is 13.2. The van der Waals surface area contributed by atoms with Gasteiger partial charge in [0.2, 0.25) is 0 Å². The molecule has 1 aromatic rings. The molecule has 118 valence electrons. The van der Waals surface area contributed by atoms with Crippen LogP contribution in [0.15, 0.2) is 12.1 Å². The molecule has 1 saturated carbocycles. The number of likely N-dealkylation sites (tertiary alicyclic amines) is 1. The topological polar surface area (TPSA) is 47.7 Å². The first-order valence-electron chi connectivity index (χ1n) is 8.49. The maximum absolute atomic E-state index is 6.51. The van der Waals surface area contributed by atoms with E-state index < -0.39 is 0 Å². The molecular weight excluding hydrogens is 276 g/mol. The van der Waals surface area contributed by atoms with Gasteiger partial charge in [-0.1, -0.05) is 6.07 Å². The van der Waals surface area contributed by atoms with Crippen LogP contribution in [-0.2, 0) is 11.8 Å². The number of nitrogens with zero attached hydrogens (tertiary/aromatic N) is 1. The molecule has 5 rings (SSSR count). The average Bonchev–Trinajstić information content (AvgIpc) is 2.88. The summed E-state index contributed by atoms with van der Waals surface area (Å²) in [5.41, 5.74) is 9.55. The van der Waals surface area contributed by atoms with Crippen molar-refractivity contribution in [3.05, 3.63) is 23.3 Å². The molecule has 1 saturated heterocycles. The van der Waals surface area contributed by atoms with E-state index in [1.165, 1.54) is 17.5 Å². The highest BCUT2D eigenvalue weighted by atomic mass is 16.5. The number of hydrogen-bond donors (Lipinski definition) is 1. The fraction of sp³-hybridized carbons (Fsp3) is 0.667. The van der Waals surface area contributed by atoms with Crippen molar-refractivity contribution < 1.29 is 9.47 Å². The smallest absolute Gasteiger partial charge is 0.165 e. The Labute approximate surface area is 131 Å². The molecule has 4 unspecified atom stereocenters. The minimum Gasteiger partial charge on any atom is -0.493 e. The second-order valence-corrected chi connectivity index (χ2v) is 7.56. The normalized spacial score (nSPS) is 41.8. The van der Waals surface area contributed by atoms with Crippen LogP contribution in [0.5, 0.6) is 11.5 Å². The van der Waals surface area contributed by atoms with Crippen molar-refractivity contribution in [1.29, 1.82) is 0 Å². The Balaban J connectivity index is 1.80. The van der Waals surface area contributed by atoms with Crippen molar-refractivity contribution in [2.45, 2.75) is 49.3 Å². The highest BCUT2D eigenvalue weighted by Crippen LogP contribution is 2.63. The first-order valence-corrected chi connectivity index (χ1v) is 8.49. The van der Waals surface area contributed by atoms with E-state index in [4.69, 9.17) is 15.2 Å². The van der Waals surface area contributed by atoms with Crippen molar-refractivity contribution >= 4 is 0 Å². The van der Waals surface area contributed by atoms with E-state index in [1.807, 2.05) is 0 Å². The summed E-state index contributed by atoms with van der Waals surface area (Å²) in [6.45, 7) is 1.14. The van der Waals surface area contributed by atoms with Crippen LogP contribution in [0.4, 0.5) is 0 Å². The highest BCUT2D eigenvalue weighted by Gasteiger charge is 2.64. The third kappa shape index (κ3) is 1.32. The predicted molar refractivity (Wildman–Crippen MR) is 84.5 cm³/mol. The molecule has 5 atom stereocenters. The molecule has 4 heteroatoms. The van der Waals surface area contributed by atoms with Gasteiger partial charge in [0.25, 0.3) is 0 Å². The van der Waals surface area contributed by atoms with E-state index >= 15 is 0 Å². The van der Waals surface area contributed by atoms with Gasteiger partial charge in [-0.25, -0.2) is 0 Å². The number of piperidine rings is 1. The summed E-state index contributed by atoms with van der Waals surface area (Å²) >= 11 is 0. The lowest BCUT2D eigenvalue weighted by Gasteiger charge is -2.58. The van der Waals surface area contributed by atoms with Gasteiger partial charge in [-0.15, -0.1) is 0 Å². The van der Waals surface area contributed by atoms with Crippen molar-refractivity contribution in [3.63, 3.8) is 0 Å². The molecular formula is C18H24N2O2. The summed E-state index contributed by atoms with van der Waals surface area (Å²) in [7, 11) is 4.02. The first-order chi connectivity index (χ1) is 10.7. The van der Waals surface area contributed by atoms with Gasteiger partial charge in [0.15, 0.2) is 11.5 Å². The maximum Gasteiger partial charge on any atom is 0.165 e. The zero-order valence-electron chi connectivity index (χ0n) is 13.3. The molecule has 0 amide bonds. The van der Waals surface area contributed by atoms with Gasteiger partial charge in [-0.3, -0.25) is 0 Å². The number of benzene rings is 1. The third-order valence-corrected chi connectivity index (χ3v) is 6.85. The fourth-order valence-corrected chi connectivity index (χ4v) is 5.93. The monoisotopic (exact) mass is 300 g/mol. The Kier molecular flexibility index (Phi) is 2.51. The van der Waals surface area contributed by atoms with Crippen LogP contribution in [0, 0.1) is 5.92 Å². The summed E-state index contributed by atoms with van der Waals surface area (Å²) in [5, 5.41) is 0. The third-order valence-electron chi connectivity index (χ3n) is 6.85. The Morgan fingerprint density at radius 2 is 2.23 bits per heavy atom. The fourth-order valence-electron chi connectivity index (χ4n) is 5.93. The molecule has 2 aliphatic carbocycles. The van der Waals surface area contributed by atoms with Crippen LogP contribution in [0.2, 0.25) is 0 Å². The lowest BCUT2D eigenvalue weighted by Crippen LogP contribution is -2.67. The summed E-state index contributed by atoms with van der Waals surface area (Å²) in [4.78, 5) is 2.56. The molecule has 2 fully saturated rings. The van der Waals surface area contributed by atoms with Gasteiger partial charge in [0, 0.05) is 23.1 Å². The van der Waals surface area contributed by atoms with E-state index in [-0.39, 0.29) is 17.6 Å². The number of nitrogens with two attached hydrogens (primary N) is 1. The molecule has 1 spiro atoms. The van der Waals surface area contributed by atoms with Crippen LogP contribution < -0.4 is 15.2 Å². The molecule has 4 aliphatic rings. The molecule has 4 nitrogen and oxygen atoms in total. The van der Waals surface area contributed by atoms with Crippen LogP contribution in [-0.4, -0.2) is 43.8 Å². The Bertz CT molecular complexity index is 646. The molecule has 2 heterocycles. The van der Waals surface area contributed by atoms with Crippen molar-refractivity contribution in [1.82, 2.24) is 4.90 Å². The van der Waals surface area contributed by atoms with Crippen LogP contribution >= 0.6 is 0 Å². The standard InChI is InChI=1S/C18H24N2O2/c1-20-8-7-18-11-4-5-12(19)17(18)22-16-14(21-2)6-3-10(15(16)18)9-13(11)20/h3,6,11-13,17H,4-5,7-9,19H2,1-2H3/t11?,12-,13?,17?,18?/m1/s1. The Hall–Kier alpha value is -1.26. The van der Waals surface area contributed by atoms with E-state index in [0.717, 1.165) is 37.3 Å². The van der Waals surface area contributed by atoms with Gasteiger partial charge >= 0.3 is 0 Å². The second kappa shape index (κ2) is 4.18. The quantitative estimate of drug-likeness (QED) is 0.857. The number of likely N-dealkylation sites (N-methyl/N-ethyl adjacent to an activating group) is 1. The SMILES string of the molecule is COc1ccc2c3c1OC1[C@H](N)CCC4C(C2)N(C)CCC341. The summed E-state index contributed by atoms with van der Waals surface area (Å²) in [6, 6.07) is 5.11. The summed E-state index contributed by atoms with van der Waals surface area (Å²) < 4.78 is 12.1. The molecule has 2 N–H and O–H groups in total. The number of hydrogen-bond acceptors (Lipinski definition) is 4. The highest BCUT2D eigenvalue weighted by molar-refractivity contribution is 5.61. The maximum atomic E-state index is 6.51.